The van der Waals surface area contributed by atoms with Crippen molar-refractivity contribution in [2.75, 3.05) is 13.1 Å². The Hall–Kier alpha value is -3.54. The first-order valence-corrected chi connectivity index (χ1v) is 13.5. The number of likely N-dealkylation sites (tertiary alicyclic amines) is 1. The standard InChI is InChI=1S/C26H34N6O5S/c1-25(2,3)36-21(33)15-31-23(34)32(29-28-31)19-9-7-8-18(14-19)22-27-20(16-38-22)17-10-12-30(13-11-17)24(35)37-26(4,5)6/h7-9,14,16-17H,10-13,15H2,1-6H3. The fourth-order valence-electron chi connectivity index (χ4n) is 4.09. The third kappa shape index (κ3) is 6.85. The van der Waals surface area contributed by atoms with E-state index in [2.05, 4.69) is 15.8 Å². The molecular formula is C26H34N6O5S. The lowest BCUT2D eigenvalue weighted by molar-refractivity contribution is -0.155. The molecule has 0 N–H and O–H groups in total. The average molecular weight is 543 g/mol. The molecule has 0 atom stereocenters. The quantitative estimate of drug-likeness (QED) is 0.444. The molecule has 204 valence electrons. The molecule has 0 bridgehead atoms. The second-order valence-electron chi connectivity index (χ2n) is 11.3. The van der Waals surface area contributed by atoms with Crippen LogP contribution in [0.4, 0.5) is 4.79 Å². The topological polar surface area (TPSA) is 121 Å². The van der Waals surface area contributed by atoms with Gasteiger partial charge in [0.25, 0.3) is 0 Å². The van der Waals surface area contributed by atoms with Crippen LogP contribution in [0.1, 0.15) is 66.0 Å². The number of amides is 1. The van der Waals surface area contributed by atoms with Crippen LogP contribution in [0.5, 0.6) is 0 Å². The highest BCUT2D eigenvalue weighted by atomic mass is 32.1. The Balaban J connectivity index is 1.43. The van der Waals surface area contributed by atoms with Gasteiger partial charge in [-0.3, -0.25) is 4.79 Å². The van der Waals surface area contributed by atoms with Crippen LogP contribution in [0.25, 0.3) is 16.3 Å². The number of ether oxygens (including phenoxy) is 2. The molecule has 1 aromatic carbocycles. The van der Waals surface area contributed by atoms with Crippen molar-refractivity contribution < 1.29 is 19.1 Å². The highest BCUT2D eigenvalue weighted by molar-refractivity contribution is 7.13. The fraction of sp³-hybridized carbons (Fsp3) is 0.538. The Bertz CT molecular complexity index is 1360. The molecule has 11 nitrogen and oxygen atoms in total. The summed E-state index contributed by atoms with van der Waals surface area (Å²) in [4.78, 5) is 43.9. The summed E-state index contributed by atoms with van der Waals surface area (Å²) in [6.07, 6.45) is 1.36. The Morgan fingerprint density at radius 2 is 1.71 bits per heavy atom. The van der Waals surface area contributed by atoms with Gasteiger partial charge in [-0.2, -0.15) is 9.36 Å². The van der Waals surface area contributed by atoms with Gasteiger partial charge in [0.05, 0.1) is 11.4 Å². The van der Waals surface area contributed by atoms with Crippen molar-refractivity contribution in [1.29, 1.82) is 0 Å². The molecule has 1 aliphatic heterocycles. The van der Waals surface area contributed by atoms with Gasteiger partial charge in [0.15, 0.2) is 0 Å². The lowest BCUT2D eigenvalue weighted by Gasteiger charge is -2.32. The maximum absolute atomic E-state index is 12.8. The zero-order valence-corrected chi connectivity index (χ0v) is 23.4. The zero-order valence-electron chi connectivity index (χ0n) is 22.6. The van der Waals surface area contributed by atoms with Gasteiger partial charge in [-0.05, 0) is 76.9 Å². The Morgan fingerprint density at radius 1 is 1.03 bits per heavy atom. The van der Waals surface area contributed by atoms with Crippen LogP contribution in [-0.4, -0.2) is 66.0 Å². The summed E-state index contributed by atoms with van der Waals surface area (Å²) in [5, 5.41) is 10.7. The molecular weight excluding hydrogens is 508 g/mol. The molecule has 38 heavy (non-hydrogen) atoms. The van der Waals surface area contributed by atoms with Crippen LogP contribution >= 0.6 is 11.3 Å². The van der Waals surface area contributed by atoms with E-state index in [1.807, 2.05) is 39.0 Å². The van der Waals surface area contributed by atoms with Crippen LogP contribution in [0, 0.1) is 0 Å². The number of hydrogen-bond donors (Lipinski definition) is 0. The minimum Gasteiger partial charge on any atom is -0.459 e. The summed E-state index contributed by atoms with van der Waals surface area (Å²) in [5.41, 5.74) is 0.657. The summed E-state index contributed by atoms with van der Waals surface area (Å²) < 4.78 is 12.9. The molecule has 0 saturated carbocycles. The molecule has 2 aromatic heterocycles. The molecule has 0 radical (unpaired) electrons. The molecule has 0 aliphatic carbocycles. The van der Waals surface area contributed by atoms with Crippen molar-refractivity contribution in [2.24, 2.45) is 0 Å². The zero-order chi connectivity index (χ0) is 27.7. The predicted octanol–water partition coefficient (Wildman–Crippen LogP) is 4.01. The van der Waals surface area contributed by atoms with Crippen molar-refractivity contribution >= 4 is 23.4 Å². The fourth-order valence-corrected chi connectivity index (χ4v) is 4.99. The average Bonchev–Trinajstić information content (AvgIpc) is 3.45. The number of piperidine rings is 1. The van der Waals surface area contributed by atoms with Crippen molar-refractivity contribution in [3.8, 4) is 16.3 Å². The van der Waals surface area contributed by atoms with Crippen LogP contribution in [0.2, 0.25) is 0 Å². The second kappa shape index (κ2) is 10.7. The van der Waals surface area contributed by atoms with Gasteiger partial charge in [-0.1, -0.05) is 12.1 Å². The second-order valence-corrected chi connectivity index (χ2v) is 12.1. The molecule has 1 fully saturated rings. The van der Waals surface area contributed by atoms with Crippen molar-refractivity contribution in [2.45, 2.75) is 78.0 Å². The van der Waals surface area contributed by atoms with Gasteiger partial charge in [0.2, 0.25) is 0 Å². The van der Waals surface area contributed by atoms with E-state index in [1.165, 1.54) is 11.3 Å². The molecule has 1 aliphatic rings. The van der Waals surface area contributed by atoms with Crippen molar-refractivity contribution in [3.63, 3.8) is 0 Å². The number of hydrogen-bond acceptors (Lipinski definition) is 9. The number of carbonyl (C=O) groups is 2. The van der Waals surface area contributed by atoms with Gasteiger partial charge in [-0.25, -0.2) is 14.6 Å². The van der Waals surface area contributed by atoms with E-state index < -0.39 is 22.9 Å². The highest BCUT2D eigenvalue weighted by Gasteiger charge is 2.28. The Morgan fingerprint density at radius 3 is 2.37 bits per heavy atom. The van der Waals surface area contributed by atoms with Crippen LogP contribution in [0.3, 0.4) is 0 Å². The Kier molecular flexibility index (Phi) is 7.73. The summed E-state index contributed by atoms with van der Waals surface area (Å²) >= 11 is 1.53. The van der Waals surface area contributed by atoms with E-state index in [0.717, 1.165) is 38.5 Å². The summed E-state index contributed by atoms with van der Waals surface area (Å²) in [6, 6.07) is 7.32. The minimum absolute atomic E-state index is 0.261. The molecule has 0 unspecified atom stereocenters. The maximum Gasteiger partial charge on any atom is 0.410 e. The maximum atomic E-state index is 12.8. The SMILES string of the molecule is CC(C)(C)OC(=O)Cn1nnn(-c2cccc(-c3nc(C4CCN(C(=O)OC(C)(C)C)CC4)cs3)c2)c1=O. The number of rotatable bonds is 5. The van der Waals surface area contributed by atoms with Crippen LogP contribution < -0.4 is 5.69 Å². The van der Waals surface area contributed by atoms with Gasteiger partial charge in [-0.15, -0.1) is 11.3 Å². The van der Waals surface area contributed by atoms with Crippen molar-refractivity contribution in [1.82, 2.24) is 29.7 Å². The smallest absolute Gasteiger partial charge is 0.410 e. The van der Waals surface area contributed by atoms with Gasteiger partial charge in [0, 0.05) is 30.0 Å². The number of tetrazole rings is 1. The highest BCUT2D eigenvalue weighted by Crippen LogP contribution is 2.33. The van der Waals surface area contributed by atoms with E-state index in [4.69, 9.17) is 14.5 Å². The number of aromatic nitrogens is 5. The molecule has 4 rings (SSSR count). The predicted molar refractivity (Wildman–Crippen MR) is 142 cm³/mol. The van der Waals surface area contributed by atoms with E-state index in [0.29, 0.717) is 18.8 Å². The molecule has 3 heterocycles. The minimum atomic E-state index is -0.660. The van der Waals surface area contributed by atoms with Crippen LogP contribution in [-0.2, 0) is 20.8 Å². The van der Waals surface area contributed by atoms with Crippen LogP contribution in [0.15, 0.2) is 34.4 Å². The molecule has 0 spiro atoms. The first kappa shape index (κ1) is 27.5. The lowest BCUT2D eigenvalue weighted by Crippen LogP contribution is -2.41. The van der Waals surface area contributed by atoms with E-state index in [1.54, 1.807) is 31.7 Å². The van der Waals surface area contributed by atoms with Gasteiger partial charge < -0.3 is 14.4 Å². The molecule has 1 saturated heterocycles. The Labute approximate surface area is 225 Å². The number of nitrogens with zero attached hydrogens (tertiary/aromatic N) is 6. The molecule has 12 heteroatoms. The summed E-state index contributed by atoms with van der Waals surface area (Å²) in [6.45, 7) is 11.8. The third-order valence-corrected chi connectivity index (χ3v) is 6.67. The third-order valence-electron chi connectivity index (χ3n) is 5.76. The summed E-state index contributed by atoms with van der Waals surface area (Å²) in [5.74, 6) is -0.301. The number of benzene rings is 1. The number of carbonyl (C=O) groups excluding carboxylic acids is 2. The summed E-state index contributed by atoms with van der Waals surface area (Å²) in [7, 11) is 0. The molecule has 1 amide bonds. The normalized spacial score (nSPS) is 14.9. The number of esters is 1. The first-order chi connectivity index (χ1) is 17.8. The van der Waals surface area contributed by atoms with E-state index in [9.17, 15) is 14.4 Å². The van der Waals surface area contributed by atoms with E-state index in [-0.39, 0.29) is 18.6 Å². The number of thiazole rings is 1. The largest absolute Gasteiger partial charge is 0.459 e. The van der Waals surface area contributed by atoms with Crippen molar-refractivity contribution in [3.05, 3.63) is 45.8 Å². The molecule has 3 aromatic rings. The van der Waals surface area contributed by atoms with E-state index >= 15 is 0 Å². The first-order valence-electron chi connectivity index (χ1n) is 12.6. The lowest BCUT2D eigenvalue weighted by atomic mass is 9.94. The monoisotopic (exact) mass is 542 g/mol. The van der Waals surface area contributed by atoms with Gasteiger partial charge in [0.1, 0.15) is 22.8 Å². The van der Waals surface area contributed by atoms with Gasteiger partial charge >= 0.3 is 17.8 Å².